The van der Waals surface area contributed by atoms with Gasteiger partial charge in [0.15, 0.2) is 0 Å². The van der Waals surface area contributed by atoms with Crippen LogP contribution in [0.4, 0.5) is 15.8 Å². The first-order valence-electron chi connectivity index (χ1n) is 10.2. The van der Waals surface area contributed by atoms with E-state index in [1.54, 1.807) is 12.1 Å². The highest BCUT2D eigenvalue weighted by Crippen LogP contribution is 2.35. The van der Waals surface area contributed by atoms with Crippen molar-refractivity contribution in [1.29, 1.82) is 0 Å². The molecule has 0 unspecified atom stereocenters. The molecule has 0 aliphatic carbocycles. The molecule has 0 spiro atoms. The number of benzene rings is 3. The average molecular weight is 404 g/mol. The molecule has 4 nitrogen and oxygen atoms in total. The molecule has 0 fully saturated rings. The van der Waals surface area contributed by atoms with E-state index in [2.05, 4.69) is 63.6 Å². The lowest BCUT2D eigenvalue weighted by Gasteiger charge is -2.31. The van der Waals surface area contributed by atoms with Crippen LogP contribution in [0.15, 0.2) is 72.8 Å². The number of hydrogen-bond acceptors (Lipinski definition) is 3. The lowest BCUT2D eigenvalue weighted by atomic mass is 10.0. The lowest BCUT2D eigenvalue weighted by molar-refractivity contribution is 0.0950. The summed E-state index contributed by atoms with van der Waals surface area (Å²) in [6.45, 7) is 1.33. The minimum Gasteiger partial charge on any atom is -0.378 e. The van der Waals surface area contributed by atoms with Gasteiger partial charge in [-0.2, -0.15) is 0 Å². The smallest absolute Gasteiger partial charge is 0.251 e. The topological polar surface area (TPSA) is 35.6 Å². The van der Waals surface area contributed by atoms with Crippen LogP contribution in [0, 0.1) is 5.82 Å². The number of fused-ring (bicyclic) bond motifs is 1. The van der Waals surface area contributed by atoms with Crippen LogP contribution in [0.25, 0.3) is 0 Å². The molecule has 0 saturated carbocycles. The zero-order valence-electron chi connectivity index (χ0n) is 17.3. The van der Waals surface area contributed by atoms with Crippen molar-refractivity contribution in [3.8, 4) is 0 Å². The van der Waals surface area contributed by atoms with Crippen LogP contribution < -0.4 is 15.1 Å². The molecule has 4 rings (SSSR count). The SMILES string of the molecule is CN(C)c1ccc([C@H](CNC(=O)c2cccc(F)c2)N2CCc3ccccc32)cc1. The number of nitrogens with one attached hydrogen (secondary N) is 1. The maximum atomic E-state index is 13.5. The number of carbonyl (C=O) groups excluding carboxylic acids is 1. The molecule has 1 atom stereocenters. The molecular weight excluding hydrogens is 377 g/mol. The molecule has 1 aliphatic rings. The maximum Gasteiger partial charge on any atom is 0.251 e. The van der Waals surface area contributed by atoms with Gasteiger partial charge in [0, 0.05) is 44.1 Å². The summed E-state index contributed by atoms with van der Waals surface area (Å²) in [6, 6.07) is 22.6. The van der Waals surface area contributed by atoms with Gasteiger partial charge in [-0.3, -0.25) is 4.79 Å². The molecule has 0 aromatic heterocycles. The molecule has 1 amide bonds. The Morgan fingerprint density at radius 2 is 1.83 bits per heavy atom. The minimum atomic E-state index is -0.410. The fourth-order valence-corrected chi connectivity index (χ4v) is 4.01. The largest absolute Gasteiger partial charge is 0.378 e. The van der Waals surface area contributed by atoms with E-state index in [0.717, 1.165) is 24.2 Å². The summed E-state index contributed by atoms with van der Waals surface area (Å²) in [6.07, 6.45) is 0.986. The van der Waals surface area contributed by atoms with E-state index in [4.69, 9.17) is 0 Å². The predicted octanol–water partition coefficient (Wildman–Crippen LogP) is 4.43. The van der Waals surface area contributed by atoms with Gasteiger partial charge in [-0.15, -0.1) is 0 Å². The summed E-state index contributed by atoms with van der Waals surface area (Å²) in [7, 11) is 4.03. The number of hydrogen-bond donors (Lipinski definition) is 1. The first-order chi connectivity index (χ1) is 14.5. The normalized spacial score (nSPS) is 13.6. The zero-order chi connectivity index (χ0) is 21.1. The maximum absolute atomic E-state index is 13.5. The minimum absolute atomic E-state index is 0.0117. The number of amides is 1. The van der Waals surface area contributed by atoms with Crippen molar-refractivity contribution in [1.82, 2.24) is 5.32 Å². The van der Waals surface area contributed by atoms with Gasteiger partial charge in [-0.25, -0.2) is 4.39 Å². The lowest BCUT2D eigenvalue weighted by Crippen LogP contribution is -2.37. The molecule has 1 heterocycles. The van der Waals surface area contributed by atoms with Gasteiger partial charge in [0.05, 0.1) is 6.04 Å². The van der Waals surface area contributed by atoms with Crippen LogP contribution in [0.2, 0.25) is 0 Å². The molecule has 5 heteroatoms. The van der Waals surface area contributed by atoms with Gasteiger partial charge in [0.25, 0.3) is 5.91 Å². The van der Waals surface area contributed by atoms with Crippen molar-refractivity contribution in [2.75, 3.05) is 37.0 Å². The summed E-state index contributed by atoms with van der Waals surface area (Å²) in [5.41, 5.74) is 5.13. The van der Waals surface area contributed by atoms with E-state index in [-0.39, 0.29) is 11.9 Å². The molecule has 0 saturated heterocycles. The highest BCUT2D eigenvalue weighted by Gasteiger charge is 2.27. The quantitative estimate of drug-likeness (QED) is 0.662. The van der Waals surface area contributed by atoms with Gasteiger partial charge in [0.1, 0.15) is 5.82 Å². The number of rotatable bonds is 6. The molecule has 1 N–H and O–H groups in total. The van der Waals surface area contributed by atoms with Crippen molar-refractivity contribution in [3.63, 3.8) is 0 Å². The fourth-order valence-electron chi connectivity index (χ4n) is 4.01. The fraction of sp³-hybridized carbons (Fsp3) is 0.240. The van der Waals surface area contributed by atoms with Crippen LogP contribution in [-0.4, -0.2) is 33.1 Å². The van der Waals surface area contributed by atoms with Crippen molar-refractivity contribution in [2.45, 2.75) is 12.5 Å². The molecule has 30 heavy (non-hydrogen) atoms. The summed E-state index contributed by atoms with van der Waals surface area (Å²) in [4.78, 5) is 17.1. The Labute approximate surface area is 176 Å². The van der Waals surface area contributed by atoms with E-state index >= 15 is 0 Å². The second-order valence-electron chi connectivity index (χ2n) is 7.79. The van der Waals surface area contributed by atoms with Crippen LogP contribution in [0.1, 0.15) is 27.5 Å². The molecule has 154 valence electrons. The monoisotopic (exact) mass is 403 g/mol. The first kappa shape index (κ1) is 20.0. The van der Waals surface area contributed by atoms with Crippen LogP contribution in [0.5, 0.6) is 0 Å². The van der Waals surface area contributed by atoms with Gasteiger partial charge in [-0.1, -0.05) is 36.4 Å². The summed E-state index contributed by atoms with van der Waals surface area (Å²) < 4.78 is 13.5. The van der Waals surface area contributed by atoms with E-state index in [0.29, 0.717) is 12.1 Å². The van der Waals surface area contributed by atoms with Gasteiger partial charge >= 0.3 is 0 Å². The van der Waals surface area contributed by atoms with Crippen LogP contribution >= 0.6 is 0 Å². The molecular formula is C25H26FN3O. The number of para-hydroxylation sites is 1. The summed E-state index contributed by atoms with van der Waals surface area (Å²) in [5.74, 6) is -0.677. The van der Waals surface area contributed by atoms with E-state index in [1.165, 1.54) is 23.4 Å². The Hall–Kier alpha value is -3.34. The van der Waals surface area contributed by atoms with Crippen molar-refractivity contribution < 1.29 is 9.18 Å². The average Bonchev–Trinajstić information content (AvgIpc) is 3.18. The third-order valence-corrected chi connectivity index (χ3v) is 5.64. The second kappa shape index (κ2) is 8.57. The van der Waals surface area contributed by atoms with Crippen molar-refractivity contribution in [3.05, 3.63) is 95.3 Å². The first-order valence-corrected chi connectivity index (χ1v) is 10.2. The molecule has 3 aromatic carbocycles. The van der Waals surface area contributed by atoms with Gasteiger partial charge < -0.3 is 15.1 Å². The van der Waals surface area contributed by atoms with E-state index in [9.17, 15) is 9.18 Å². The summed E-state index contributed by atoms with van der Waals surface area (Å²) in [5, 5.41) is 3.01. The van der Waals surface area contributed by atoms with Crippen molar-refractivity contribution in [2.24, 2.45) is 0 Å². The van der Waals surface area contributed by atoms with Crippen molar-refractivity contribution >= 4 is 17.3 Å². The van der Waals surface area contributed by atoms with Crippen LogP contribution in [-0.2, 0) is 6.42 Å². The number of nitrogens with zero attached hydrogens (tertiary/aromatic N) is 2. The Morgan fingerprint density at radius 1 is 1.07 bits per heavy atom. The van der Waals surface area contributed by atoms with Gasteiger partial charge in [0.2, 0.25) is 0 Å². The molecule has 3 aromatic rings. The Balaban J connectivity index is 1.60. The highest BCUT2D eigenvalue weighted by atomic mass is 19.1. The Morgan fingerprint density at radius 3 is 2.57 bits per heavy atom. The molecule has 0 bridgehead atoms. The standard InChI is InChI=1S/C25H26FN3O/c1-28(2)22-12-10-19(11-13-22)24(29-15-14-18-6-3-4-9-23(18)29)17-27-25(30)20-7-5-8-21(26)16-20/h3-13,16,24H,14-15,17H2,1-2H3,(H,27,30)/t24-/m0/s1. The zero-order valence-corrected chi connectivity index (χ0v) is 17.3. The predicted molar refractivity (Wildman–Crippen MR) is 120 cm³/mol. The van der Waals surface area contributed by atoms with Gasteiger partial charge in [-0.05, 0) is 53.9 Å². The third-order valence-electron chi connectivity index (χ3n) is 5.64. The highest BCUT2D eigenvalue weighted by molar-refractivity contribution is 5.94. The Bertz CT molecular complexity index is 1030. The third kappa shape index (κ3) is 4.15. The second-order valence-corrected chi connectivity index (χ2v) is 7.79. The van der Waals surface area contributed by atoms with Crippen LogP contribution in [0.3, 0.4) is 0 Å². The number of anilines is 2. The molecule has 1 aliphatic heterocycles. The number of halogens is 1. The van der Waals surface area contributed by atoms with E-state index < -0.39 is 5.82 Å². The van der Waals surface area contributed by atoms with E-state index in [1.807, 2.05) is 14.1 Å². The number of carbonyl (C=O) groups is 1. The molecule has 0 radical (unpaired) electrons. The summed E-state index contributed by atoms with van der Waals surface area (Å²) >= 11 is 0. The Kier molecular flexibility index (Phi) is 5.70.